The summed E-state index contributed by atoms with van der Waals surface area (Å²) in [4.78, 5) is 8.45. The number of benzene rings is 1. The lowest BCUT2D eigenvalue weighted by atomic mass is 10.2. The Morgan fingerprint density at radius 1 is 1.19 bits per heavy atom. The molecule has 0 spiro atoms. The molecule has 160 valence electrons. The van der Waals surface area contributed by atoms with Crippen molar-refractivity contribution in [2.45, 2.75) is 18.4 Å². The molecule has 0 unspecified atom stereocenters. The Labute approximate surface area is 184 Å². The number of rotatable bonds is 6. The molecule has 4 aromatic rings. The summed E-state index contributed by atoms with van der Waals surface area (Å²) in [5.41, 5.74) is 2.46. The van der Waals surface area contributed by atoms with Gasteiger partial charge in [-0.3, -0.25) is 0 Å². The van der Waals surface area contributed by atoms with Gasteiger partial charge >= 0.3 is 0 Å². The minimum Gasteiger partial charge on any atom is -0.338 e. The molecule has 10 heteroatoms. The topological polar surface area (TPSA) is 88.9 Å². The zero-order chi connectivity index (χ0) is 22.2. The van der Waals surface area contributed by atoms with Crippen molar-refractivity contribution in [1.29, 1.82) is 0 Å². The van der Waals surface area contributed by atoms with Crippen molar-refractivity contribution in [1.82, 2.24) is 19.3 Å². The van der Waals surface area contributed by atoms with Gasteiger partial charge in [0.05, 0.1) is 16.1 Å². The first-order valence-corrected chi connectivity index (χ1v) is 11.2. The van der Waals surface area contributed by atoms with Crippen LogP contribution in [0.15, 0.2) is 59.8 Å². The number of pyridine rings is 2. The Morgan fingerprint density at radius 3 is 2.71 bits per heavy atom. The molecule has 0 atom stereocenters. The summed E-state index contributed by atoms with van der Waals surface area (Å²) >= 11 is 6.20. The molecule has 4 rings (SSSR count). The van der Waals surface area contributed by atoms with Crippen molar-refractivity contribution in [3.8, 4) is 0 Å². The second-order valence-electron chi connectivity index (χ2n) is 6.95. The van der Waals surface area contributed by atoms with Crippen LogP contribution in [0, 0.1) is 12.7 Å². The monoisotopic (exact) mass is 459 g/mol. The molecule has 0 amide bonds. The minimum atomic E-state index is -4.03. The van der Waals surface area contributed by atoms with Crippen molar-refractivity contribution < 1.29 is 12.8 Å². The van der Waals surface area contributed by atoms with Crippen LogP contribution >= 0.6 is 11.6 Å². The molecule has 0 saturated heterocycles. The van der Waals surface area contributed by atoms with Crippen molar-refractivity contribution in [2.24, 2.45) is 0 Å². The van der Waals surface area contributed by atoms with Gasteiger partial charge in [0.15, 0.2) is 5.15 Å². The Bertz CT molecular complexity index is 1390. The van der Waals surface area contributed by atoms with E-state index in [-0.39, 0.29) is 10.0 Å². The molecule has 7 nitrogen and oxygen atoms in total. The second-order valence-corrected chi connectivity index (χ2v) is 9.12. The first-order chi connectivity index (χ1) is 14.8. The zero-order valence-corrected chi connectivity index (χ0v) is 18.3. The predicted molar refractivity (Wildman–Crippen MR) is 119 cm³/mol. The summed E-state index contributed by atoms with van der Waals surface area (Å²) in [6, 6.07) is 10.1. The lowest BCUT2D eigenvalue weighted by Crippen LogP contribution is -2.12. The van der Waals surface area contributed by atoms with Crippen LogP contribution in [0.3, 0.4) is 0 Å². The maximum Gasteiger partial charge on any atom is 0.268 e. The third-order valence-corrected chi connectivity index (χ3v) is 6.67. The third kappa shape index (κ3) is 4.12. The van der Waals surface area contributed by atoms with Crippen LogP contribution in [-0.2, 0) is 16.6 Å². The number of nitrogens with zero attached hydrogens (tertiary/aromatic N) is 3. The van der Waals surface area contributed by atoms with E-state index >= 15 is 0 Å². The molecule has 0 bridgehead atoms. The van der Waals surface area contributed by atoms with E-state index in [2.05, 4.69) is 20.6 Å². The summed E-state index contributed by atoms with van der Waals surface area (Å²) in [5.74, 6) is -0.233. The molecule has 0 aliphatic heterocycles. The van der Waals surface area contributed by atoms with Gasteiger partial charge in [0.2, 0.25) is 0 Å². The number of hydrogen-bond acceptors (Lipinski definition) is 6. The number of nitrogens with one attached hydrogen (secondary N) is 2. The van der Waals surface area contributed by atoms with Crippen LogP contribution < -0.4 is 10.6 Å². The van der Waals surface area contributed by atoms with Gasteiger partial charge in [-0.05, 0) is 49.9 Å². The first-order valence-electron chi connectivity index (χ1n) is 9.35. The van der Waals surface area contributed by atoms with Crippen LogP contribution in [-0.4, -0.2) is 29.4 Å². The number of fused-ring (bicyclic) bond motifs is 1. The quantitative estimate of drug-likeness (QED) is 0.419. The standard InChI is InChI=1S/C21H19ClFN5O2S/c1-13-6-7-18(21(22)26-13)27-20-9-19-17(11-25-20)14(10-24-2)12-28(19)31(29,30)16-5-3-4-15(23)8-16/h3-9,11-12,24H,10H2,1-2H3,(H,25,27). The fourth-order valence-corrected chi connectivity index (χ4v) is 4.91. The summed E-state index contributed by atoms with van der Waals surface area (Å²) in [6.07, 6.45) is 3.12. The van der Waals surface area contributed by atoms with E-state index in [0.717, 1.165) is 21.3 Å². The normalized spacial score (nSPS) is 11.7. The number of hydrogen-bond donors (Lipinski definition) is 2. The molecule has 3 heterocycles. The Hall–Kier alpha value is -3.01. The van der Waals surface area contributed by atoms with Crippen LogP contribution in [0.25, 0.3) is 10.9 Å². The average Bonchev–Trinajstić information content (AvgIpc) is 3.09. The van der Waals surface area contributed by atoms with Gasteiger partial charge in [-0.15, -0.1) is 0 Å². The molecule has 0 aliphatic carbocycles. The molecule has 0 saturated carbocycles. The smallest absolute Gasteiger partial charge is 0.268 e. The van der Waals surface area contributed by atoms with Crippen LogP contribution in [0.4, 0.5) is 15.9 Å². The van der Waals surface area contributed by atoms with Crippen LogP contribution in [0.1, 0.15) is 11.3 Å². The van der Waals surface area contributed by atoms with Crippen LogP contribution in [0.5, 0.6) is 0 Å². The van der Waals surface area contributed by atoms with E-state index in [0.29, 0.717) is 29.0 Å². The van der Waals surface area contributed by atoms with E-state index in [9.17, 15) is 12.8 Å². The van der Waals surface area contributed by atoms with E-state index in [4.69, 9.17) is 11.6 Å². The Kier molecular flexibility index (Phi) is 5.65. The predicted octanol–water partition coefficient (Wildman–Crippen LogP) is 4.23. The number of anilines is 2. The minimum absolute atomic E-state index is 0.141. The fourth-order valence-electron chi connectivity index (χ4n) is 3.25. The van der Waals surface area contributed by atoms with Crippen molar-refractivity contribution >= 4 is 44.0 Å². The molecule has 0 aliphatic rings. The van der Waals surface area contributed by atoms with E-state index in [1.807, 2.05) is 6.92 Å². The van der Waals surface area contributed by atoms with Gasteiger partial charge in [0.25, 0.3) is 10.0 Å². The third-order valence-electron chi connectivity index (χ3n) is 4.71. The van der Waals surface area contributed by atoms with E-state index in [1.165, 1.54) is 24.4 Å². The molecule has 2 N–H and O–H groups in total. The Balaban J connectivity index is 1.85. The van der Waals surface area contributed by atoms with Gasteiger partial charge in [0.1, 0.15) is 11.6 Å². The second kappa shape index (κ2) is 8.26. The highest BCUT2D eigenvalue weighted by Crippen LogP contribution is 2.29. The summed E-state index contributed by atoms with van der Waals surface area (Å²) in [6.45, 7) is 2.26. The summed E-state index contributed by atoms with van der Waals surface area (Å²) < 4.78 is 41.4. The zero-order valence-electron chi connectivity index (χ0n) is 16.7. The Morgan fingerprint density at radius 2 is 2.00 bits per heavy atom. The molecule has 31 heavy (non-hydrogen) atoms. The van der Waals surface area contributed by atoms with E-state index in [1.54, 1.807) is 31.4 Å². The van der Waals surface area contributed by atoms with E-state index < -0.39 is 15.8 Å². The van der Waals surface area contributed by atoms with Crippen molar-refractivity contribution in [2.75, 3.05) is 12.4 Å². The fraction of sp³-hybridized carbons (Fsp3) is 0.143. The van der Waals surface area contributed by atoms with Gasteiger partial charge in [0, 0.05) is 36.1 Å². The molecule has 1 aromatic carbocycles. The summed E-state index contributed by atoms with van der Waals surface area (Å²) in [5, 5.41) is 7.03. The SMILES string of the molecule is CNCc1cn(S(=O)(=O)c2cccc(F)c2)c2cc(Nc3ccc(C)nc3Cl)ncc12. The highest BCUT2D eigenvalue weighted by Gasteiger charge is 2.22. The van der Waals surface area contributed by atoms with Gasteiger partial charge in [-0.2, -0.15) is 0 Å². The van der Waals surface area contributed by atoms with Crippen LogP contribution in [0.2, 0.25) is 5.15 Å². The number of aromatic nitrogens is 3. The lowest BCUT2D eigenvalue weighted by molar-refractivity contribution is 0.584. The molecular weight excluding hydrogens is 441 g/mol. The number of halogens is 2. The number of aryl methyl sites for hydroxylation is 1. The first kappa shape index (κ1) is 21.2. The maximum absolute atomic E-state index is 13.7. The summed E-state index contributed by atoms with van der Waals surface area (Å²) in [7, 11) is -2.27. The maximum atomic E-state index is 13.7. The lowest BCUT2D eigenvalue weighted by Gasteiger charge is -2.10. The highest BCUT2D eigenvalue weighted by molar-refractivity contribution is 7.90. The molecule has 0 radical (unpaired) electrons. The van der Waals surface area contributed by atoms with Crippen molar-refractivity contribution in [3.63, 3.8) is 0 Å². The van der Waals surface area contributed by atoms with Gasteiger partial charge < -0.3 is 10.6 Å². The molecular formula is C21H19ClFN5O2S. The molecule has 0 fully saturated rings. The average molecular weight is 460 g/mol. The van der Waals surface area contributed by atoms with Crippen molar-refractivity contribution in [3.05, 3.63) is 77.1 Å². The van der Waals surface area contributed by atoms with Gasteiger partial charge in [-0.1, -0.05) is 17.7 Å². The highest BCUT2D eigenvalue weighted by atomic mass is 35.5. The molecule has 3 aromatic heterocycles. The largest absolute Gasteiger partial charge is 0.338 e. The van der Waals surface area contributed by atoms with Gasteiger partial charge in [-0.25, -0.2) is 26.7 Å².